The van der Waals surface area contributed by atoms with Gasteiger partial charge < -0.3 is 10.1 Å². The quantitative estimate of drug-likeness (QED) is 0.768. The van der Waals surface area contributed by atoms with E-state index < -0.39 is 35.9 Å². The molecule has 0 radical (unpaired) electrons. The molecule has 0 saturated carbocycles. The molecule has 2 aromatic rings. The van der Waals surface area contributed by atoms with Gasteiger partial charge in [0.2, 0.25) is 0 Å². The largest absolute Gasteiger partial charge is 0.444 e. The van der Waals surface area contributed by atoms with Crippen molar-refractivity contribution in [3.8, 4) is 0 Å². The van der Waals surface area contributed by atoms with Gasteiger partial charge in [0.05, 0.1) is 17.6 Å². The van der Waals surface area contributed by atoms with Crippen molar-refractivity contribution in [1.29, 1.82) is 0 Å². The minimum Gasteiger partial charge on any atom is -0.444 e. The molecular formula is C22H19F3N2O3. The summed E-state index contributed by atoms with van der Waals surface area (Å²) in [4.78, 5) is 25.9. The minimum atomic E-state index is -4.47. The van der Waals surface area contributed by atoms with Gasteiger partial charge in [-0.1, -0.05) is 54.6 Å². The van der Waals surface area contributed by atoms with E-state index in [2.05, 4.69) is 5.32 Å². The maximum atomic E-state index is 13.4. The third-order valence-electron chi connectivity index (χ3n) is 5.35. The first-order valence-electron chi connectivity index (χ1n) is 9.50. The summed E-state index contributed by atoms with van der Waals surface area (Å²) in [5.41, 5.74) is 0.682. The van der Waals surface area contributed by atoms with Gasteiger partial charge in [-0.05, 0) is 35.6 Å². The highest BCUT2D eigenvalue weighted by atomic mass is 19.4. The van der Waals surface area contributed by atoms with E-state index in [-0.39, 0.29) is 25.0 Å². The summed E-state index contributed by atoms with van der Waals surface area (Å²) in [6.07, 6.45) is -3.11. The molecule has 1 heterocycles. The number of halogens is 3. The summed E-state index contributed by atoms with van der Waals surface area (Å²) in [7, 11) is 0. The summed E-state index contributed by atoms with van der Waals surface area (Å²) >= 11 is 0. The number of rotatable bonds is 3. The number of hydrogen-bond donors (Lipinski definition) is 1. The topological polar surface area (TPSA) is 58.6 Å². The van der Waals surface area contributed by atoms with Gasteiger partial charge in [0.25, 0.3) is 0 Å². The van der Waals surface area contributed by atoms with E-state index in [9.17, 15) is 22.8 Å². The first-order valence-corrected chi connectivity index (χ1v) is 9.50. The second kappa shape index (κ2) is 7.85. The number of carbonyl (C=O) groups is 2. The molecule has 0 aromatic heterocycles. The van der Waals surface area contributed by atoms with Crippen LogP contribution in [0.2, 0.25) is 0 Å². The normalized spacial score (nSPS) is 21.0. The summed E-state index contributed by atoms with van der Waals surface area (Å²) in [5.74, 6) is 0. The van der Waals surface area contributed by atoms with Crippen LogP contribution in [0.25, 0.3) is 5.57 Å². The fourth-order valence-corrected chi connectivity index (χ4v) is 3.93. The first-order chi connectivity index (χ1) is 14.3. The maximum Gasteiger partial charge on any atom is 0.418 e. The van der Waals surface area contributed by atoms with Crippen molar-refractivity contribution >= 4 is 17.7 Å². The smallest absolute Gasteiger partial charge is 0.418 e. The van der Waals surface area contributed by atoms with Crippen LogP contribution in [-0.2, 0) is 17.5 Å². The Morgan fingerprint density at radius 1 is 1.10 bits per heavy atom. The third kappa shape index (κ3) is 3.90. The molecule has 1 fully saturated rings. The van der Waals surface area contributed by atoms with Gasteiger partial charge in [-0.2, -0.15) is 13.2 Å². The Hall–Kier alpha value is -3.29. The SMILES string of the molecule is O=C1NC2CC(c3ccccc3C(F)(F)F)=CCC2N1C(=O)OCc1ccccc1. The van der Waals surface area contributed by atoms with Crippen LogP contribution in [0.3, 0.4) is 0 Å². The van der Waals surface area contributed by atoms with Crippen LogP contribution < -0.4 is 5.32 Å². The molecule has 30 heavy (non-hydrogen) atoms. The van der Waals surface area contributed by atoms with Crippen molar-refractivity contribution in [2.45, 2.75) is 37.7 Å². The van der Waals surface area contributed by atoms with Gasteiger partial charge in [-0.25, -0.2) is 14.5 Å². The van der Waals surface area contributed by atoms with Crippen molar-refractivity contribution in [2.24, 2.45) is 0 Å². The lowest BCUT2D eigenvalue weighted by molar-refractivity contribution is -0.137. The van der Waals surface area contributed by atoms with Gasteiger partial charge >= 0.3 is 18.3 Å². The fourth-order valence-electron chi connectivity index (χ4n) is 3.93. The molecule has 3 amide bonds. The number of carbonyl (C=O) groups excluding carboxylic acids is 2. The number of alkyl halides is 3. The van der Waals surface area contributed by atoms with Crippen LogP contribution >= 0.6 is 0 Å². The van der Waals surface area contributed by atoms with E-state index in [1.807, 2.05) is 18.2 Å². The average molecular weight is 416 g/mol. The van der Waals surface area contributed by atoms with Crippen molar-refractivity contribution in [3.05, 3.63) is 77.4 Å². The second-order valence-corrected chi connectivity index (χ2v) is 7.25. The monoisotopic (exact) mass is 416 g/mol. The Morgan fingerprint density at radius 3 is 2.53 bits per heavy atom. The summed E-state index contributed by atoms with van der Waals surface area (Å²) in [5, 5.41) is 2.71. The van der Waals surface area contributed by atoms with Gasteiger partial charge in [-0.15, -0.1) is 0 Å². The highest BCUT2D eigenvalue weighted by Gasteiger charge is 2.46. The number of benzene rings is 2. The fraction of sp³-hybridized carbons (Fsp3) is 0.273. The zero-order valence-corrected chi connectivity index (χ0v) is 15.9. The number of urea groups is 1. The molecule has 2 unspecified atom stereocenters. The van der Waals surface area contributed by atoms with E-state index in [0.29, 0.717) is 5.57 Å². The Kier molecular flexibility index (Phi) is 5.24. The first kappa shape index (κ1) is 20.0. The standard InChI is InChI=1S/C22H19F3N2O3/c23-22(24,25)17-9-5-4-8-16(17)15-10-11-19-18(12-15)26-20(28)27(19)21(29)30-13-14-6-2-1-3-7-14/h1-10,18-19H,11-13H2,(H,26,28). The van der Waals surface area contributed by atoms with Crippen molar-refractivity contribution in [2.75, 3.05) is 0 Å². The van der Waals surface area contributed by atoms with Crippen LogP contribution in [0.5, 0.6) is 0 Å². The van der Waals surface area contributed by atoms with E-state index in [4.69, 9.17) is 4.74 Å². The zero-order valence-electron chi connectivity index (χ0n) is 15.9. The van der Waals surface area contributed by atoms with Gasteiger partial charge in [0, 0.05) is 0 Å². The van der Waals surface area contributed by atoms with Gasteiger partial charge in [-0.3, -0.25) is 0 Å². The molecule has 1 aliphatic carbocycles. The molecule has 2 aliphatic rings. The van der Waals surface area contributed by atoms with E-state index in [1.54, 1.807) is 24.3 Å². The lowest BCUT2D eigenvalue weighted by Crippen LogP contribution is -2.42. The molecule has 1 saturated heterocycles. The van der Waals surface area contributed by atoms with E-state index >= 15 is 0 Å². The predicted molar refractivity (Wildman–Crippen MR) is 103 cm³/mol. The van der Waals surface area contributed by atoms with Crippen LogP contribution in [0.15, 0.2) is 60.7 Å². The third-order valence-corrected chi connectivity index (χ3v) is 5.35. The molecule has 0 spiro atoms. The van der Waals surface area contributed by atoms with Crippen LogP contribution in [0.1, 0.15) is 29.5 Å². The van der Waals surface area contributed by atoms with Gasteiger partial charge in [0.15, 0.2) is 0 Å². The molecule has 5 nitrogen and oxygen atoms in total. The molecule has 2 aromatic carbocycles. The number of amides is 3. The lowest BCUT2D eigenvalue weighted by atomic mass is 9.85. The Morgan fingerprint density at radius 2 is 1.80 bits per heavy atom. The van der Waals surface area contributed by atoms with Crippen molar-refractivity contribution in [3.63, 3.8) is 0 Å². The van der Waals surface area contributed by atoms with E-state index in [1.165, 1.54) is 12.1 Å². The molecule has 2 atom stereocenters. The maximum absolute atomic E-state index is 13.4. The Labute approximate surface area is 171 Å². The summed E-state index contributed by atoms with van der Waals surface area (Å²) < 4.78 is 45.3. The van der Waals surface area contributed by atoms with Crippen molar-refractivity contribution in [1.82, 2.24) is 10.2 Å². The number of imide groups is 1. The number of nitrogens with one attached hydrogen (secondary N) is 1. The number of hydrogen-bond acceptors (Lipinski definition) is 3. The Balaban J connectivity index is 1.50. The molecule has 156 valence electrons. The number of fused-ring (bicyclic) bond motifs is 1. The second-order valence-electron chi connectivity index (χ2n) is 7.25. The zero-order chi connectivity index (χ0) is 21.3. The minimum absolute atomic E-state index is 0.0287. The molecule has 4 rings (SSSR count). The van der Waals surface area contributed by atoms with Crippen molar-refractivity contribution < 1.29 is 27.5 Å². The summed E-state index contributed by atoms with van der Waals surface area (Å²) in [6, 6.07) is 12.9. The molecule has 1 aliphatic heterocycles. The molecule has 1 N–H and O–H groups in total. The highest BCUT2D eigenvalue weighted by Crippen LogP contribution is 2.39. The average Bonchev–Trinajstić information content (AvgIpc) is 3.07. The molecule has 8 heteroatoms. The number of ether oxygens (including phenoxy) is 1. The highest BCUT2D eigenvalue weighted by molar-refractivity contribution is 5.94. The Bertz CT molecular complexity index is 989. The van der Waals surface area contributed by atoms with Crippen LogP contribution in [-0.4, -0.2) is 29.1 Å². The van der Waals surface area contributed by atoms with Crippen LogP contribution in [0.4, 0.5) is 22.8 Å². The van der Waals surface area contributed by atoms with Gasteiger partial charge in [0.1, 0.15) is 6.61 Å². The molecular weight excluding hydrogens is 397 g/mol. The number of nitrogens with zero attached hydrogens (tertiary/aromatic N) is 1. The van der Waals surface area contributed by atoms with E-state index in [0.717, 1.165) is 16.5 Å². The van der Waals surface area contributed by atoms with Crippen LogP contribution in [0, 0.1) is 0 Å². The predicted octanol–water partition coefficient (Wildman–Crippen LogP) is 4.98. The summed E-state index contributed by atoms with van der Waals surface area (Å²) in [6.45, 7) is 0.0287. The molecule has 0 bridgehead atoms. The lowest BCUT2D eigenvalue weighted by Gasteiger charge is -2.29.